The highest BCUT2D eigenvalue weighted by atomic mass is 16.6. The summed E-state index contributed by atoms with van der Waals surface area (Å²) in [6.07, 6.45) is -2.87. The number of hydrogen-bond donors (Lipinski definition) is 4. The minimum Gasteiger partial charge on any atom is -0.394 e. The fourth-order valence-electron chi connectivity index (χ4n) is 3.32. The first-order valence-electron chi connectivity index (χ1n) is 8.36. The molecule has 2 aliphatic heterocycles. The van der Waals surface area contributed by atoms with Gasteiger partial charge in [0.15, 0.2) is 11.9 Å². The highest BCUT2D eigenvalue weighted by molar-refractivity contribution is 5.98. The van der Waals surface area contributed by atoms with E-state index in [0.29, 0.717) is 12.4 Å². The van der Waals surface area contributed by atoms with Gasteiger partial charge in [-0.3, -0.25) is 9.36 Å². The van der Waals surface area contributed by atoms with E-state index in [9.17, 15) is 20.1 Å². The predicted octanol–water partition coefficient (Wildman–Crippen LogP) is -0.480. The summed E-state index contributed by atoms with van der Waals surface area (Å²) in [5, 5.41) is 32.5. The number of carbonyl (C=O) groups is 1. The summed E-state index contributed by atoms with van der Waals surface area (Å²) in [6.45, 7) is 0.316. The van der Waals surface area contributed by atoms with Crippen molar-refractivity contribution in [2.75, 3.05) is 18.6 Å². The van der Waals surface area contributed by atoms with E-state index in [-0.39, 0.29) is 18.3 Å². The molecule has 0 saturated carbocycles. The number of nitrogens with zero attached hydrogens (tertiary/aromatic N) is 3. The van der Waals surface area contributed by atoms with Crippen molar-refractivity contribution in [3.63, 3.8) is 0 Å². The zero-order chi connectivity index (χ0) is 18.3. The van der Waals surface area contributed by atoms with Gasteiger partial charge >= 0.3 is 0 Å². The van der Waals surface area contributed by atoms with Gasteiger partial charge < -0.3 is 30.3 Å². The molecule has 0 aliphatic carbocycles. The SMILES string of the molecule is O=C1c2ncn(C3OC(CO)C(O)C3O)c2NCN1Cc1ccccc1. The second kappa shape index (κ2) is 6.69. The number of benzene rings is 1. The van der Waals surface area contributed by atoms with E-state index in [1.54, 1.807) is 4.90 Å². The minimum absolute atomic E-state index is 0.227. The van der Waals surface area contributed by atoms with Crippen molar-refractivity contribution in [3.05, 3.63) is 47.9 Å². The van der Waals surface area contributed by atoms with Gasteiger partial charge in [-0.2, -0.15) is 0 Å². The number of aliphatic hydroxyl groups excluding tert-OH is 3. The second-order valence-electron chi connectivity index (χ2n) is 6.40. The summed E-state index contributed by atoms with van der Waals surface area (Å²) in [7, 11) is 0. The van der Waals surface area contributed by atoms with Crippen LogP contribution in [0.5, 0.6) is 0 Å². The number of nitrogens with one attached hydrogen (secondary N) is 1. The Balaban J connectivity index is 1.56. The molecule has 9 heteroatoms. The molecule has 1 aromatic heterocycles. The molecule has 0 spiro atoms. The molecule has 0 bridgehead atoms. The average molecular weight is 360 g/mol. The van der Waals surface area contributed by atoms with Gasteiger partial charge in [-0.1, -0.05) is 30.3 Å². The maximum absolute atomic E-state index is 12.7. The quantitative estimate of drug-likeness (QED) is 0.581. The molecule has 26 heavy (non-hydrogen) atoms. The normalized spacial score (nSPS) is 28.1. The summed E-state index contributed by atoms with van der Waals surface area (Å²) in [5.41, 5.74) is 1.24. The van der Waals surface area contributed by atoms with E-state index in [4.69, 9.17) is 4.74 Å². The van der Waals surface area contributed by atoms with Crippen LogP contribution in [0.15, 0.2) is 36.7 Å². The van der Waals surface area contributed by atoms with Crippen LogP contribution in [0.25, 0.3) is 0 Å². The van der Waals surface area contributed by atoms with Crippen LogP contribution < -0.4 is 5.32 Å². The van der Waals surface area contributed by atoms with Crippen molar-refractivity contribution >= 4 is 11.7 Å². The first-order valence-corrected chi connectivity index (χ1v) is 8.36. The fraction of sp³-hybridized carbons (Fsp3) is 0.412. The average Bonchev–Trinajstić information content (AvgIpc) is 3.20. The molecule has 1 fully saturated rings. The van der Waals surface area contributed by atoms with Crippen molar-refractivity contribution in [2.24, 2.45) is 0 Å². The maximum atomic E-state index is 12.7. The predicted molar refractivity (Wildman–Crippen MR) is 90.0 cm³/mol. The molecule has 2 aromatic rings. The number of aromatic nitrogens is 2. The van der Waals surface area contributed by atoms with Crippen LogP contribution in [0.3, 0.4) is 0 Å². The van der Waals surface area contributed by atoms with Gasteiger partial charge in [0.25, 0.3) is 5.91 Å². The lowest BCUT2D eigenvalue weighted by atomic mass is 10.1. The Morgan fingerprint density at radius 2 is 2.00 bits per heavy atom. The lowest BCUT2D eigenvalue weighted by Crippen LogP contribution is -2.40. The van der Waals surface area contributed by atoms with Gasteiger partial charge in [0, 0.05) is 6.54 Å². The number of rotatable bonds is 4. The molecule has 4 atom stereocenters. The molecule has 1 saturated heterocycles. The maximum Gasteiger partial charge on any atom is 0.278 e. The molecule has 1 amide bonds. The highest BCUT2D eigenvalue weighted by Crippen LogP contribution is 2.34. The third kappa shape index (κ3) is 2.74. The van der Waals surface area contributed by atoms with Crippen molar-refractivity contribution in [2.45, 2.75) is 31.1 Å². The molecule has 3 heterocycles. The van der Waals surface area contributed by atoms with E-state index in [0.717, 1.165) is 5.56 Å². The van der Waals surface area contributed by atoms with E-state index in [1.807, 2.05) is 30.3 Å². The first kappa shape index (κ1) is 17.0. The Hall–Kier alpha value is -2.46. The number of ether oxygens (including phenoxy) is 1. The van der Waals surface area contributed by atoms with E-state index in [2.05, 4.69) is 10.3 Å². The van der Waals surface area contributed by atoms with Gasteiger partial charge in [0.1, 0.15) is 24.1 Å². The van der Waals surface area contributed by atoms with Crippen LogP contribution in [-0.2, 0) is 11.3 Å². The third-order valence-corrected chi connectivity index (χ3v) is 4.73. The van der Waals surface area contributed by atoms with Crippen molar-refractivity contribution < 1.29 is 24.9 Å². The number of carbonyl (C=O) groups excluding carboxylic acids is 1. The molecule has 9 nitrogen and oxygen atoms in total. The van der Waals surface area contributed by atoms with Crippen LogP contribution in [0, 0.1) is 0 Å². The topological polar surface area (TPSA) is 120 Å². The molecule has 138 valence electrons. The molecule has 2 aliphatic rings. The van der Waals surface area contributed by atoms with Gasteiger partial charge in [0.2, 0.25) is 0 Å². The molecule has 4 rings (SSSR count). The minimum atomic E-state index is -1.23. The zero-order valence-electron chi connectivity index (χ0n) is 13.9. The lowest BCUT2D eigenvalue weighted by Gasteiger charge is -2.29. The summed E-state index contributed by atoms with van der Waals surface area (Å²) < 4.78 is 6.99. The van der Waals surface area contributed by atoms with Crippen LogP contribution in [0.1, 0.15) is 22.3 Å². The number of hydrogen-bond acceptors (Lipinski definition) is 7. The Morgan fingerprint density at radius 1 is 1.23 bits per heavy atom. The number of imidazole rings is 1. The van der Waals surface area contributed by atoms with E-state index in [1.165, 1.54) is 10.9 Å². The Morgan fingerprint density at radius 3 is 2.69 bits per heavy atom. The van der Waals surface area contributed by atoms with Crippen LogP contribution in [-0.4, -0.2) is 67.3 Å². The third-order valence-electron chi connectivity index (χ3n) is 4.73. The first-order chi connectivity index (χ1) is 12.6. The van der Waals surface area contributed by atoms with Crippen LogP contribution >= 0.6 is 0 Å². The number of amides is 1. The van der Waals surface area contributed by atoms with Gasteiger partial charge in [-0.05, 0) is 5.56 Å². The molecule has 4 unspecified atom stereocenters. The van der Waals surface area contributed by atoms with Gasteiger partial charge in [-0.15, -0.1) is 0 Å². The molecule has 4 N–H and O–H groups in total. The van der Waals surface area contributed by atoms with Crippen molar-refractivity contribution in [3.8, 4) is 0 Å². The van der Waals surface area contributed by atoms with Gasteiger partial charge in [0.05, 0.1) is 19.6 Å². The Bertz CT molecular complexity index is 796. The van der Waals surface area contributed by atoms with Crippen molar-refractivity contribution in [1.29, 1.82) is 0 Å². The molecule has 0 radical (unpaired) electrons. The number of aliphatic hydroxyl groups is 3. The van der Waals surface area contributed by atoms with Crippen molar-refractivity contribution in [1.82, 2.24) is 14.5 Å². The Kier molecular flexibility index (Phi) is 4.37. The summed E-state index contributed by atoms with van der Waals surface area (Å²) in [5.74, 6) is 0.197. The Labute approximate surface area is 149 Å². The summed E-state index contributed by atoms with van der Waals surface area (Å²) >= 11 is 0. The largest absolute Gasteiger partial charge is 0.394 e. The standard InChI is InChI=1S/C17H20N4O5/c22-7-11-13(23)14(24)17(26-11)21-9-18-12-15(21)19-8-20(16(12)25)6-10-4-2-1-3-5-10/h1-5,9,11,13-14,17,19,22-24H,6-8H2. The second-order valence-corrected chi connectivity index (χ2v) is 6.40. The lowest BCUT2D eigenvalue weighted by molar-refractivity contribution is -0.0519. The summed E-state index contributed by atoms with van der Waals surface area (Å²) in [4.78, 5) is 18.5. The zero-order valence-corrected chi connectivity index (χ0v) is 13.9. The molecular formula is C17H20N4O5. The van der Waals surface area contributed by atoms with Gasteiger partial charge in [-0.25, -0.2) is 4.98 Å². The van der Waals surface area contributed by atoms with Crippen LogP contribution in [0.2, 0.25) is 0 Å². The summed E-state index contributed by atoms with van der Waals surface area (Å²) in [6, 6.07) is 9.64. The van der Waals surface area contributed by atoms with Crippen LogP contribution in [0.4, 0.5) is 5.82 Å². The monoisotopic (exact) mass is 360 g/mol. The molecular weight excluding hydrogens is 340 g/mol. The van der Waals surface area contributed by atoms with E-state index < -0.39 is 31.1 Å². The number of fused-ring (bicyclic) bond motifs is 1. The molecule has 1 aromatic carbocycles. The fourth-order valence-corrected chi connectivity index (χ4v) is 3.32. The smallest absolute Gasteiger partial charge is 0.278 e. The number of anilines is 1. The highest BCUT2D eigenvalue weighted by Gasteiger charge is 2.45. The van der Waals surface area contributed by atoms with E-state index >= 15 is 0 Å².